The van der Waals surface area contributed by atoms with Crippen molar-refractivity contribution >= 4 is 29.0 Å². The average Bonchev–Trinajstić information content (AvgIpc) is 2.75. The van der Waals surface area contributed by atoms with Gasteiger partial charge in [0, 0.05) is 29.2 Å². The Balaban J connectivity index is 1.52. The highest BCUT2D eigenvalue weighted by atomic mass is 16.2. The van der Waals surface area contributed by atoms with Crippen molar-refractivity contribution in [2.45, 2.75) is 19.8 Å². The van der Waals surface area contributed by atoms with Gasteiger partial charge in [-0.3, -0.25) is 4.79 Å². The van der Waals surface area contributed by atoms with Gasteiger partial charge in [-0.25, -0.2) is 4.79 Å². The van der Waals surface area contributed by atoms with Crippen molar-refractivity contribution in [2.24, 2.45) is 0 Å². The molecule has 1 heterocycles. The lowest BCUT2D eigenvalue weighted by molar-refractivity contribution is 0.0985. The number of hydrogen-bond acceptors (Lipinski definition) is 2. The van der Waals surface area contributed by atoms with Crippen LogP contribution in [0.3, 0.4) is 0 Å². The van der Waals surface area contributed by atoms with Crippen LogP contribution >= 0.6 is 0 Å². The fourth-order valence-electron chi connectivity index (χ4n) is 3.53. The molecule has 1 aliphatic rings. The predicted molar refractivity (Wildman–Crippen MR) is 117 cm³/mol. The fourth-order valence-corrected chi connectivity index (χ4v) is 3.53. The van der Waals surface area contributed by atoms with Gasteiger partial charge in [-0.2, -0.15) is 0 Å². The summed E-state index contributed by atoms with van der Waals surface area (Å²) in [7, 11) is 0. The molecule has 2 N–H and O–H groups in total. The summed E-state index contributed by atoms with van der Waals surface area (Å²) in [4.78, 5) is 27.2. The van der Waals surface area contributed by atoms with Gasteiger partial charge < -0.3 is 15.5 Å². The molecule has 0 aliphatic carbocycles. The number of amides is 3. The molecule has 0 atom stereocenters. The first-order valence-corrected chi connectivity index (χ1v) is 9.75. The summed E-state index contributed by atoms with van der Waals surface area (Å²) in [6, 6.07) is 22.3. The van der Waals surface area contributed by atoms with Crippen LogP contribution < -0.4 is 15.5 Å². The molecule has 0 unspecified atom stereocenters. The van der Waals surface area contributed by atoms with Gasteiger partial charge in [0.2, 0.25) is 0 Å². The smallest absolute Gasteiger partial charge is 0.308 e. The van der Waals surface area contributed by atoms with Gasteiger partial charge in [0.25, 0.3) is 5.91 Å². The minimum absolute atomic E-state index is 0.0205. The Bertz CT molecular complexity index is 1030. The molecule has 0 saturated carbocycles. The van der Waals surface area contributed by atoms with Gasteiger partial charge in [0.05, 0.1) is 0 Å². The highest BCUT2D eigenvalue weighted by Gasteiger charge is 2.24. The third kappa shape index (κ3) is 4.29. The number of hydrogen-bond donors (Lipinski definition) is 2. The van der Waals surface area contributed by atoms with E-state index in [2.05, 4.69) is 10.6 Å². The SMILES string of the molecule is Cc1ccc(NC(=O)Nc2ccc3c(c2)N(C(=O)c2ccccc2)CCC3)cc1. The number of fused-ring (bicyclic) bond motifs is 1. The molecule has 5 heteroatoms. The van der Waals surface area contributed by atoms with Crippen molar-refractivity contribution in [3.63, 3.8) is 0 Å². The number of carbonyl (C=O) groups excluding carboxylic acids is 2. The van der Waals surface area contributed by atoms with Crippen molar-refractivity contribution in [1.82, 2.24) is 0 Å². The molecule has 29 heavy (non-hydrogen) atoms. The Morgan fingerprint density at radius 2 is 1.55 bits per heavy atom. The lowest BCUT2D eigenvalue weighted by Crippen LogP contribution is -2.35. The van der Waals surface area contributed by atoms with E-state index < -0.39 is 0 Å². The Morgan fingerprint density at radius 3 is 2.31 bits per heavy atom. The minimum atomic E-state index is -0.314. The Hall–Kier alpha value is -3.60. The van der Waals surface area contributed by atoms with Crippen LogP contribution in [0.15, 0.2) is 72.8 Å². The van der Waals surface area contributed by atoms with E-state index in [9.17, 15) is 9.59 Å². The highest BCUT2D eigenvalue weighted by molar-refractivity contribution is 6.07. The maximum absolute atomic E-state index is 13.0. The number of rotatable bonds is 3. The number of aryl methyl sites for hydroxylation is 2. The van der Waals surface area contributed by atoms with E-state index in [-0.39, 0.29) is 11.9 Å². The van der Waals surface area contributed by atoms with E-state index in [0.717, 1.165) is 35.3 Å². The van der Waals surface area contributed by atoms with Gasteiger partial charge in [0.1, 0.15) is 0 Å². The molecule has 4 rings (SSSR count). The second-order valence-electron chi connectivity index (χ2n) is 7.22. The van der Waals surface area contributed by atoms with Crippen LogP contribution in [0.1, 0.15) is 27.9 Å². The summed E-state index contributed by atoms with van der Waals surface area (Å²) in [5.74, 6) is -0.0205. The Kier molecular flexibility index (Phi) is 5.29. The van der Waals surface area contributed by atoms with E-state index in [0.29, 0.717) is 17.8 Å². The second-order valence-corrected chi connectivity index (χ2v) is 7.22. The van der Waals surface area contributed by atoms with Crippen LogP contribution in [0, 0.1) is 6.92 Å². The molecule has 0 radical (unpaired) electrons. The highest BCUT2D eigenvalue weighted by Crippen LogP contribution is 2.31. The first-order chi connectivity index (χ1) is 14.1. The molecule has 146 valence electrons. The number of carbonyl (C=O) groups is 2. The second kappa shape index (κ2) is 8.19. The normalized spacial score (nSPS) is 12.8. The third-order valence-corrected chi connectivity index (χ3v) is 5.04. The van der Waals surface area contributed by atoms with Crippen molar-refractivity contribution < 1.29 is 9.59 Å². The van der Waals surface area contributed by atoms with Crippen molar-refractivity contribution in [1.29, 1.82) is 0 Å². The molecule has 0 fully saturated rings. The largest absolute Gasteiger partial charge is 0.323 e. The quantitative estimate of drug-likeness (QED) is 0.648. The van der Waals surface area contributed by atoms with E-state index in [1.54, 1.807) is 4.90 Å². The lowest BCUT2D eigenvalue weighted by atomic mass is 10.00. The molecule has 1 aliphatic heterocycles. The zero-order valence-electron chi connectivity index (χ0n) is 16.3. The molecule has 0 bridgehead atoms. The number of nitrogens with zero attached hydrogens (tertiary/aromatic N) is 1. The number of anilines is 3. The van der Waals surface area contributed by atoms with Gasteiger partial charge >= 0.3 is 6.03 Å². The number of nitrogens with one attached hydrogen (secondary N) is 2. The molecule has 0 aromatic heterocycles. The van der Waals surface area contributed by atoms with Crippen LogP contribution in [0.4, 0.5) is 21.9 Å². The Labute approximate surface area is 170 Å². The molecular formula is C24H23N3O2. The molecular weight excluding hydrogens is 362 g/mol. The lowest BCUT2D eigenvalue weighted by Gasteiger charge is -2.30. The van der Waals surface area contributed by atoms with E-state index >= 15 is 0 Å². The standard InChI is InChI=1S/C24H23N3O2/c1-17-9-12-20(13-10-17)25-24(29)26-21-14-11-18-8-5-15-27(22(18)16-21)23(28)19-6-3-2-4-7-19/h2-4,6-7,9-14,16H,5,8,15H2,1H3,(H2,25,26,29). The molecule has 3 aromatic rings. The van der Waals surface area contributed by atoms with Crippen LogP contribution in [-0.4, -0.2) is 18.5 Å². The fraction of sp³-hybridized carbons (Fsp3) is 0.167. The molecule has 3 aromatic carbocycles. The van der Waals surface area contributed by atoms with Gasteiger partial charge in [0.15, 0.2) is 0 Å². The van der Waals surface area contributed by atoms with Gasteiger partial charge in [-0.1, -0.05) is 42.0 Å². The minimum Gasteiger partial charge on any atom is -0.308 e. The van der Waals surface area contributed by atoms with E-state index in [1.807, 2.05) is 79.7 Å². The van der Waals surface area contributed by atoms with Crippen molar-refractivity contribution in [3.05, 3.63) is 89.5 Å². The zero-order valence-corrected chi connectivity index (χ0v) is 16.3. The topological polar surface area (TPSA) is 61.4 Å². The summed E-state index contributed by atoms with van der Waals surface area (Å²) in [5, 5.41) is 5.69. The maximum Gasteiger partial charge on any atom is 0.323 e. The Morgan fingerprint density at radius 1 is 0.862 bits per heavy atom. The van der Waals surface area contributed by atoms with E-state index in [4.69, 9.17) is 0 Å². The summed E-state index contributed by atoms with van der Waals surface area (Å²) in [5.41, 5.74) is 5.15. The van der Waals surface area contributed by atoms with Gasteiger partial charge in [-0.15, -0.1) is 0 Å². The summed E-state index contributed by atoms with van der Waals surface area (Å²) in [6.45, 7) is 2.67. The average molecular weight is 385 g/mol. The van der Waals surface area contributed by atoms with Crippen LogP contribution in [-0.2, 0) is 6.42 Å². The molecule has 0 spiro atoms. The van der Waals surface area contributed by atoms with Crippen LogP contribution in [0.25, 0.3) is 0 Å². The zero-order chi connectivity index (χ0) is 20.2. The number of urea groups is 1. The van der Waals surface area contributed by atoms with Gasteiger partial charge in [-0.05, 0) is 61.7 Å². The third-order valence-electron chi connectivity index (χ3n) is 5.04. The summed E-state index contributed by atoms with van der Waals surface area (Å²) >= 11 is 0. The van der Waals surface area contributed by atoms with Crippen LogP contribution in [0.5, 0.6) is 0 Å². The monoisotopic (exact) mass is 385 g/mol. The van der Waals surface area contributed by atoms with E-state index in [1.165, 1.54) is 0 Å². The molecule has 0 saturated heterocycles. The van der Waals surface area contributed by atoms with Crippen molar-refractivity contribution in [2.75, 3.05) is 22.1 Å². The molecule has 3 amide bonds. The number of benzene rings is 3. The maximum atomic E-state index is 13.0. The van der Waals surface area contributed by atoms with Crippen molar-refractivity contribution in [3.8, 4) is 0 Å². The summed E-state index contributed by atoms with van der Waals surface area (Å²) < 4.78 is 0. The summed E-state index contributed by atoms with van der Waals surface area (Å²) in [6.07, 6.45) is 1.84. The molecule has 5 nitrogen and oxygen atoms in total. The predicted octanol–water partition coefficient (Wildman–Crippen LogP) is 5.23. The first-order valence-electron chi connectivity index (χ1n) is 9.75. The first kappa shape index (κ1) is 18.7. The van der Waals surface area contributed by atoms with Crippen LogP contribution in [0.2, 0.25) is 0 Å².